The lowest BCUT2D eigenvalue weighted by Gasteiger charge is -2.16. The summed E-state index contributed by atoms with van der Waals surface area (Å²) in [4.78, 5) is 36.8. The van der Waals surface area contributed by atoms with Crippen LogP contribution in [0.25, 0.3) is 16.6 Å². The minimum atomic E-state index is -1.17. The molecule has 1 unspecified atom stereocenters. The third kappa shape index (κ3) is 2.10. The molecule has 0 amide bonds. The highest BCUT2D eigenvalue weighted by Gasteiger charge is 2.37. The maximum absolute atomic E-state index is 13.1. The SMILES string of the molecule is N#CC1=C(N)n2c(=O)c3ccccc3c(=O)n2C1c1ccccc1[N+](=O)[O-]. The van der Waals surface area contributed by atoms with Gasteiger partial charge in [-0.25, -0.2) is 4.68 Å². The van der Waals surface area contributed by atoms with Crippen LogP contribution in [0.4, 0.5) is 5.69 Å². The molecule has 0 saturated carbocycles. The second-order valence-electron chi connectivity index (χ2n) is 5.94. The predicted octanol–water partition coefficient (Wildman–Crippen LogP) is 1.33. The van der Waals surface area contributed by atoms with Gasteiger partial charge in [-0.1, -0.05) is 24.3 Å². The van der Waals surface area contributed by atoms with Crippen molar-refractivity contribution in [3.63, 3.8) is 0 Å². The van der Waals surface area contributed by atoms with E-state index >= 15 is 0 Å². The van der Waals surface area contributed by atoms with E-state index in [2.05, 4.69) is 0 Å². The molecule has 0 aliphatic carbocycles. The summed E-state index contributed by atoms with van der Waals surface area (Å²) >= 11 is 0. The van der Waals surface area contributed by atoms with Crippen molar-refractivity contribution in [1.82, 2.24) is 9.36 Å². The molecule has 2 heterocycles. The Kier molecular flexibility index (Phi) is 3.42. The number of hydrogen-bond acceptors (Lipinski definition) is 6. The number of allylic oxidation sites excluding steroid dienone is 1. The Labute approximate surface area is 150 Å². The zero-order valence-electron chi connectivity index (χ0n) is 13.7. The smallest absolute Gasteiger partial charge is 0.279 e. The van der Waals surface area contributed by atoms with Gasteiger partial charge in [-0.15, -0.1) is 0 Å². The Morgan fingerprint density at radius 1 is 1.04 bits per heavy atom. The molecule has 132 valence electrons. The second kappa shape index (κ2) is 5.67. The average Bonchev–Trinajstić information content (AvgIpc) is 2.98. The van der Waals surface area contributed by atoms with E-state index in [0.717, 1.165) is 9.36 Å². The lowest BCUT2D eigenvalue weighted by atomic mass is 9.98. The number of nitrogens with zero attached hydrogens (tertiary/aromatic N) is 4. The summed E-state index contributed by atoms with van der Waals surface area (Å²) in [5.41, 5.74) is 4.60. The number of hydrogen-bond donors (Lipinski definition) is 1. The Bertz CT molecular complexity index is 1330. The van der Waals surface area contributed by atoms with Crippen molar-refractivity contribution in [1.29, 1.82) is 5.26 Å². The van der Waals surface area contributed by atoms with Crippen LogP contribution < -0.4 is 16.9 Å². The average molecular weight is 361 g/mol. The normalized spacial score (nSPS) is 15.6. The molecule has 0 radical (unpaired) electrons. The minimum Gasteiger partial charge on any atom is -0.383 e. The van der Waals surface area contributed by atoms with Crippen LogP contribution in [0.5, 0.6) is 0 Å². The first-order valence-corrected chi connectivity index (χ1v) is 7.87. The number of fused-ring (bicyclic) bond motifs is 2. The molecule has 0 spiro atoms. The fourth-order valence-corrected chi connectivity index (χ4v) is 3.41. The summed E-state index contributed by atoms with van der Waals surface area (Å²) in [7, 11) is 0. The molecule has 0 fully saturated rings. The molecular weight excluding hydrogens is 350 g/mol. The molecular formula is C18H11N5O4. The Morgan fingerprint density at radius 2 is 1.63 bits per heavy atom. The maximum atomic E-state index is 13.1. The van der Waals surface area contributed by atoms with Gasteiger partial charge in [0.1, 0.15) is 23.5 Å². The monoisotopic (exact) mass is 361 g/mol. The molecule has 1 aromatic heterocycles. The third-order valence-corrected chi connectivity index (χ3v) is 4.57. The number of nitrogens with two attached hydrogens (primary N) is 1. The molecule has 1 atom stereocenters. The van der Waals surface area contributed by atoms with Crippen molar-refractivity contribution >= 4 is 22.3 Å². The van der Waals surface area contributed by atoms with Gasteiger partial charge in [0.25, 0.3) is 16.8 Å². The highest BCUT2D eigenvalue weighted by atomic mass is 16.6. The number of aromatic nitrogens is 2. The quantitative estimate of drug-likeness (QED) is 0.540. The first-order chi connectivity index (χ1) is 13.0. The summed E-state index contributed by atoms with van der Waals surface area (Å²) in [6, 6.07) is 12.7. The van der Waals surface area contributed by atoms with Crippen LogP contribution in [-0.2, 0) is 0 Å². The fraction of sp³-hybridized carbons (Fsp3) is 0.0556. The lowest BCUT2D eigenvalue weighted by Crippen LogP contribution is -2.38. The number of benzene rings is 2. The molecule has 2 N–H and O–H groups in total. The summed E-state index contributed by atoms with van der Waals surface area (Å²) < 4.78 is 1.94. The van der Waals surface area contributed by atoms with Crippen LogP contribution in [0.3, 0.4) is 0 Å². The van der Waals surface area contributed by atoms with E-state index in [1.807, 2.05) is 6.07 Å². The van der Waals surface area contributed by atoms with Crippen LogP contribution >= 0.6 is 0 Å². The van der Waals surface area contributed by atoms with E-state index in [4.69, 9.17) is 5.73 Å². The van der Waals surface area contributed by atoms with Crippen LogP contribution in [0.15, 0.2) is 63.7 Å². The lowest BCUT2D eigenvalue weighted by molar-refractivity contribution is -0.385. The van der Waals surface area contributed by atoms with Crippen molar-refractivity contribution in [2.45, 2.75) is 6.04 Å². The summed E-state index contributed by atoms with van der Waals surface area (Å²) in [6.07, 6.45) is 0. The number of nitriles is 1. The Hall–Kier alpha value is -4.19. The van der Waals surface area contributed by atoms with Crippen LogP contribution in [0.2, 0.25) is 0 Å². The van der Waals surface area contributed by atoms with E-state index < -0.39 is 22.1 Å². The van der Waals surface area contributed by atoms with E-state index in [1.54, 1.807) is 18.2 Å². The number of nitro benzene ring substituents is 1. The third-order valence-electron chi connectivity index (χ3n) is 4.57. The molecule has 3 aromatic rings. The van der Waals surface area contributed by atoms with Gasteiger partial charge in [-0.2, -0.15) is 9.94 Å². The van der Waals surface area contributed by atoms with Crippen molar-refractivity contribution in [3.05, 3.63) is 90.5 Å². The second-order valence-corrected chi connectivity index (χ2v) is 5.94. The predicted molar refractivity (Wildman–Crippen MR) is 96.7 cm³/mol. The Balaban J connectivity index is 2.18. The molecule has 27 heavy (non-hydrogen) atoms. The number of nitro groups is 1. The minimum absolute atomic E-state index is 0.0983. The zero-order chi connectivity index (χ0) is 19.3. The summed E-state index contributed by atoms with van der Waals surface area (Å²) in [6.45, 7) is 0. The molecule has 9 heteroatoms. The molecule has 0 saturated heterocycles. The van der Waals surface area contributed by atoms with Crippen molar-refractivity contribution < 1.29 is 4.92 Å². The van der Waals surface area contributed by atoms with Crippen LogP contribution in [0.1, 0.15) is 11.6 Å². The van der Waals surface area contributed by atoms with Gasteiger partial charge in [0.2, 0.25) is 0 Å². The van der Waals surface area contributed by atoms with Gasteiger partial charge < -0.3 is 5.73 Å². The van der Waals surface area contributed by atoms with E-state index in [-0.39, 0.29) is 33.4 Å². The summed E-state index contributed by atoms with van der Waals surface area (Å²) in [5.74, 6) is -0.214. The molecule has 0 bridgehead atoms. The van der Waals surface area contributed by atoms with Gasteiger partial charge in [-0.05, 0) is 18.2 Å². The largest absolute Gasteiger partial charge is 0.383 e. The van der Waals surface area contributed by atoms with Gasteiger partial charge in [0, 0.05) is 6.07 Å². The first kappa shape index (κ1) is 16.3. The van der Waals surface area contributed by atoms with Gasteiger partial charge in [-0.3, -0.25) is 19.7 Å². The van der Waals surface area contributed by atoms with E-state index in [1.165, 1.54) is 30.3 Å². The van der Waals surface area contributed by atoms with Crippen LogP contribution in [0, 0.1) is 21.4 Å². The Morgan fingerprint density at radius 3 is 2.26 bits per heavy atom. The highest BCUT2D eigenvalue weighted by Crippen LogP contribution is 2.36. The van der Waals surface area contributed by atoms with Crippen molar-refractivity contribution in [2.75, 3.05) is 0 Å². The number of rotatable bonds is 2. The zero-order valence-corrected chi connectivity index (χ0v) is 13.7. The van der Waals surface area contributed by atoms with Crippen molar-refractivity contribution in [3.8, 4) is 6.07 Å². The standard InChI is InChI=1S/C18H11N5O4/c19-9-13-15(12-7-3-4-8-14(12)23(26)27)21-17(24)10-5-1-2-6-11(10)18(25)22(21)16(13)20/h1-8,15H,20H2. The molecule has 4 rings (SSSR count). The van der Waals surface area contributed by atoms with Gasteiger partial charge in [0.15, 0.2) is 0 Å². The van der Waals surface area contributed by atoms with Crippen molar-refractivity contribution in [2.24, 2.45) is 5.73 Å². The topological polar surface area (TPSA) is 137 Å². The highest BCUT2D eigenvalue weighted by molar-refractivity contribution is 5.82. The van der Waals surface area contributed by atoms with E-state index in [9.17, 15) is 25.0 Å². The van der Waals surface area contributed by atoms with Gasteiger partial charge >= 0.3 is 0 Å². The first-order valence-electron chi connectivity index (χ1n) is 7.87. The molecule has 1 aliphatic heterocycles. The van der Waals surface area contributed by atoms with Crippen LogP contribution in [-0.4, -0.2) is 14.3 Å². The molecule has 1 aliphatic rings. The van der Waals surface area contributed by atoms with Gasteiger partial charge in [0.05, 0.1) is 21.3 Å². The summed E-state index contributed by atoms with van der Waals surface area (Å²) in [5, 5.41) is 21.4. The maximum Gasteiger partial charge on any atom is 0.279 e. The molecule has 9 nitrogen and oxygen atoms in total. The molecule has 2 aromatic carbocycles. The fourth-order valence-electron chi connectivity index (χ4n) is 3.41. The number of para-hydroxylation sites is 1. The van der Waals surface area contributed by atoms with E-state index in [0.29, 0.717) is 0 Å².